The highest BCUT2D eigenvalue weighted by atomic mass is 32.1. The molecule has 1 unspecified atom stereocenters. The van der Waals surface area contributed by atoms with E-state index in [9.17, 15) is 14.4 Å². The summed E-state index contributed by atoms with van der Waals surface area (Å²) in [7, 11) is 0. The summed E-state index contributed by atoms with van der Waals surface area (Å²) in [5.41, 5.74) is 0.560. The summed E-state index contributed by atoms with van der Waals surface area (Å²) in [5.74, 6) is -0.235. The van der Waals surface area contributed by atoms with Gasteiger partial charge in [-0.3, -0.25) is 14.4 Å². The summed E-state index contributed by atoms with van der Waals surface area (Å²) < 4.78 is 5.30. The first-order valence-corrected chi connectivity index (χ1v) is 10.3. The maximum Gasteiger partial charge on any atom is 0.252 e. The number of thiophene rings is 1. The lowest BCUT2D eigenvalue weighted by Crippen LogP contribution is -2.53. The maximum absolute atomic E-state index is 12.8. The topological polar surface area (TPSA) is 84.5 Å². The Hall–Kier alpha value is -1.73. The summed E-state index contributed by atoms with van der Waals surface area (Å²) in [6, 6.07) is 0.479. The number of amides is 2. The van der Waals surface area contributed by atoms with Gasteiger partial charge < -0.3 is 15.4 Å². The molecule has 3 rings (SSSR count). The van der Waals surface area contributed by atoms with Gasteiger partial charge in [-0.1, -0.05) is 32.1 Å². The Morgan fingerprint density at radius 2 is 2.08 bits per heavy atom. The van der Waals surface area contributed by atoms with E-state index < -0.39 is 12.1 Å². The van der Waals surface area contributed by atoms with Crippen LogP contribution in [-0.4, -0.2) is 42.4 Å². The highest BCUT2D eigenvalue weighted by Gasteiger charge is 2.36. The van der Waals surface area contributed by atoms with E-state index in [4.69, 9.17) is 4.74 Å². The van der Waals surface area contributed by atoms with Gasteiger partial charge in [-0.2, -0.15) is 11.3 Å². The Morgan fingerprint density at radius 1 is 1.31 bits per heavy atom. The summed E-state index contributed by atoms with van der Waals surface area (Å²) >= 11 is 1.44. The fraction of sp³-hybridized carbons (Fsp3) is 0.632. The van der Waals surface area contributed by atoms with E-state index >= 15 is 0 Å². The van der Waals surface area contributed by atoms with Gasteiger partial charge in [0.1, 0.15) is 18.7 Å². The van der Waals surface area contributed by atoms with Gasteiger partial charge in [-0.25, -0.2) is 0 Å². The predicted octanol–water partition coefficient (Wildman–Crippen LogP) is 2.29. The molecule has 2 amide bonds. The maximum atomic E-state index is 12.8. The highest BCUT2D eigenvalue weighted by molar-refractivity contribution is 7.08. The fourth-order valence-corrected chi connectivity index (χ4v) is 4.37. The smallest absolute Gasteiger partial charge is 0.252 e. The standard InChI is InChI=1S/C19H26N2O4S/c1-12-17(16(22)10-25-12)21-19(24)15(9-13-5-3-2-4-6-13)20-18(23)14-7-8-26-11-14/h7-8,11-13,15,17H,2-6,9-10H2,1H3,(H,20,23)(H,21,24)/t12-,15+,17?/m1/s1. The molecule has 1 aromatic heterocycles. The first-order chi connectivity index (χ1) is 12.5. The van der Waals surface area contributed by atoms with Crippen molar-refractivity contribution in [3.8, 4) is 0 Å². The van der Waals surface area contributed by atoms with Crippen LogP contribution in [0.4, 0.5) is 0 Å². The third-order valence-corrected chi connectivity index (χ3v) is 5.98. The van der Waals surface area contributed by atoms with Crippen molar-refractivity contribution in [2.24, 2.45) is 5.92 Å². The second kappa shape index (κ2) is 8.77. The van der Waals surface area contributed by atoms with Crippen LogP contribution in [0.3, 0.4) is 0 Å². The molecule has 2 heterocycles. The van der Waals surface area contributed by atoms with Crippen LogP contribution in [-0.2, 0) is 14.3 Å². The van der Waals surface area contributed by atoms with Crippen LogP contribution in [0.15, 0.2) is 16.8 Å². The molecule has 1 saturated heterocycles. The molecule has 1 saturated carbocycles. The molecule has 142 valence electrons. The van der Waals surface area contributed by atoms with Crippen LogP contribution < -0.4 is 10.6 Å². The minimum atomic E-state index is -0.633. The number of rotatable bonds is 6. The van der Waals surface area contributed by atoms with Crippen molar-refractivity contribution in [3.05, 3.63) is 22.4 Å². The second-order valence-corrected chi connectivity index (χ2v) is 8.03. The lowest BCUT2D eigenvalue weighted by atomic mass is 9.84. The van der Waals surface area contributed by atoms with Gasteiger partial charge in [-0.05, 0) is 30.7 Å². The van der Waals surface area contributed by atoms with Crippen LogP contribution in [0.2, 0.25) is 0 Å². The average Bonchev–Trinajstić information content (AvgIpc) is 3.28. The third kappa shape index (κ3) is 4.71. The Bertz CT molecular complexity index is 640. The number of carbonyl (C=O) groups excluding carboxylic acids is 3. The Labute approximate surface area is 157 Å². The van der Waals surface area contributed by atoms with E-state index in [1.807, 2.05) is 5.38 Å². The summed E-state index contributed by atoms with van der Waals surface area (Å²) in [6.07, 6.45) is 6.01. The monoisotopic (exact) mass is 378 g/mol. The second-order valence-electron chi connectivity index (χ2n) is 7.25. The highest BCUT2D eigenvalue weighted by Crippen LogP contribution is 2.27. The summed E-state index contributed by atoms with van der Waals surface area (Å²) in [4.78, 5) is 37.2. The lowest BCUT2D eigenvalue weighted by molar-refractivity contribution is -0.127. The van der Waals surface area contributed by atoms with Crippen molar-refractivity contribution in [2.75, 3.05) is 6.61 Å². The van der Waals surface area contributed by atoms with E-state index in [0.29, 0.717) is 17.9 Å². The van der Waals surface area contributed by atoms with Gasteiger partial charge in [0, 0.05) is 5.38 Å². The quantitative estimate of drug-likeness (QED) is 0.795. The molecule has 2 fully saturated rings. The van der Waals surface area contributed by atoms with Crippen molar-refractivity contribution >= 4 is 28.9 Å². The van der Waals surface area contributed by atoms with Gasteiger partial charge in [0.25, 0.3) is 5.91 Å². The van der Waals surface area contributed by atoms with Crippen LogP contribution >= 0.6 is 11.3 Å². The van der Waals surface area contributed by atoms with Gasteiger partial charge in [0.2, 0.25) is 5.91 Å². The van der Waals surface area contributed by atoms with Crippen LogP contribution in [0, 0.1) is 5.92 Å². The lowest BCUT2D eigenvalue weighted by Gasteiger charge is -2.27. The van der Waals surface area contributed by atoms with Crippen LogP contribution in [0.5, 0.6) is 0 Å². The van der Waals surface area contributed by atoms with E-state index in [2.05, 4.69) is 10.6 Å². The van der Waals surface area contributed by atoms with Crippen LogP contribution in [0.1, 0.15) is 55.8 Å². The first kappa shape index (κ1) is 19.0. The number of hydrogen-bond donors (Lipinski definition) is 2. The first-order valence-electron chi connectivity index (χ1n) is 9.32. The molecule has 0 radical (unpaired) electrons. The molecule has 3 atom stereocenters. The van der Waals surface area contributed by atoms with E-state index in [0.717, 1.165) is 12.8 Å². The molecule has 1 aliphatic carbocycles. The molecule has 0 aromatic carbocycles. The van der Waals surface area contributed by atoms with Crippen LogP contribution in [0.25, 0.3) is 0 Å². The Morgan fingerprint density at radius 3 is 2.69 bits per heavy atom. The zero-order valence-corrected chi connectivity index (χ0v) is 15.8. The molecule has 6 nitrogen and oxygen atoms in total. The van der Waals surface area contributed by atoms with Crippen molar-refractivity contribution in [1.29, 1.82) is 0 Å². The van der Waals surface area contributed by atoms with Crippen molar-refractivity contribution in [2.45, 2.75) is 63.6 Å². The number of ketones is 1. The number of hydrogen-bond acceptors (Lipinski definition) is 5. The normalized spacial score (nSPS) is 25.0. The minimum Gasteiger partial charge on any atom is -0.368 e. The molecule has 26 heavy (non-hydrogen) atoms. The van der Waals surface area contributed by atoms with E-state index in [1.165, 1.54) is 30.6 Å². The number of ether oxygens (including phenoxy) is 1. The van der Waals surface area contributed by atoms with Crippen molar-refractivity contribution in [3.63, 3.8) is 0 Å². The predicted molar refractivity (Wildman–Crippen MR) is 99.1 cm³/mol. The molecule has 0 spiro atoms. The summed E-state index contributed by atoms with van der Waals surface area (Å²) in [6.45, 7) is 1.80. The SMILES string of the molecule is C[C@H]1OCC(=O)C1NC(=O)[C@H](CC1CCCCC1)NC(=O)c1ccsc1. The van der Waals surface area contributed by atoms with Gasteiger partial charge >= 0.3 is 0 Å². The summed E-state index contributed by atoms with van der Waals surface area (Å²) in [5, 5.41) is 9.27. The third-order valence-electron chi connectivity index (χ3n) is 5.30. The van der Waals surface area contributed by atoms with Crippen molar-refractivity contribution in [1.82, 2.24) is 10.6 Å². The van der Waals surface area contributed by atoms with Crippen molar-refractivity contribution < 1.29 is 19.1 Å². The number of nitrogens with one attached hydrogen (secondary N) is 2. The average molecular weight is 378 g/mol. The zero-order valence-electron chi connectivity index (χ0n) is 15.0. The van der Waals surface area contributed by atoms with Gasteiger partial charge in [0.05, 0.1) is 11.7 Å². The largest absolute Gasteiger partial charge is 0.368 e. The minimum absolute atomic E-state index is 0.0284. The molecule has 1 aromatic rings. The Kier molecular flexibility index (Phi) is 6.43. The molecule has 2 N–H and O–H groups in total. The fourth-order valence-electron chi connectivity index (χ4n) is 3.74. The molecule has 7 heteroatoms. The molecular formula is C19H26N2O4S. The van der Waals surface area contributed by atoms with E-state index in [1.54, 1.807) is 18.4 Å². The molecule has 2 aliphatic rings. The number of carbonyl (C=O) groups is 3. The van der Waals surface area contributed by atoms with Gasteiger partial charge in [-0.15, -0.1) is 0 Å². The van der Waals surface area contributed by atoms with E-state index in [-0.39, 0.29) is 30.3 Å². The van der Waals surface area contributed by atoms with Gasteiger partial charge in [0.15, 0.2) is 5.78 Å². The Balaban J connectivity index is 1.67. The molecule has 0 bridgehead atoms. The zero-order chi connectivity index (χ0) is 18.5. The molecule has 1 aliphatic heterocycles. The molecular weight excluding hydrogens is 352 g/mol. The number of Topliss-reactive ketones (excluding diaryl/α,β-unsaturated/α-hetero) is 1.